The van der Waals surface area contributed by atoms with Gasteiger partial charge in [0.2, 0.25) is 0 Å². The van der Waals surface area contributed by atoms with Gasteiger partial charge >= 0.3 is 0 Å². The highest BCUT2D eigenvalue weighted by Gasteiger charge is 2.05. The second kappa shape index (κ2) is 8.25. The summed E-state index contributed by atoms with van der Waals surface area (Å²) in [4.78, 5) is 2.41. The van der Waals surface area contributed by atoms with Gasteiger partial charge in [-0.15, -0.1) is 0 Å². The monoisotopic (exact) mass is 200 g/mol. The summed E-state index contributed by atoms with van der Waals surface area (Å²) in [6.07, 6.45) is 2.61. The average molecular weight is 200 g/mol. The van der Waals surface area contributed by atoms with Crippen LogP contribution in [-0.4, -0.2) is 37.6 Å². The largest absolute Gasteiger partial charge is 0.313 e. The number of hydrogen-bond acceptors (Lipinski definition) is 2. The van der Waals surface area contributed by atoms with Crippen molar-refractivity contribution in [1.29, 1.82) is 0 Å². The van der Waals surface area contributed by atoms with Crippen LogP contribution in [-0.2, 0) is 0 Å². The van der Waals surface area contributed by atoms with Crippen LogP contribution in [0.5, 0.6) is 0 Å². The van der Waals surface area contributed by atoms with Gasteiger partial charge in [0, 0.05) is 19.1 Å². The lowest BCUT2D eigenvalue weighted by Gasteiger charge is -2.21. The Morgan fingerprint density at radius 3 is 2.29 bits per heavy atom. The maximum Gasteiger partial charge on any atom is 0.0104 e. The number of unbranched alkanes of at least 4 members (excludes halogenated alkanes) is 1. The van der Waals surface area contributed by atoms with Crippen molar-refractivity contribution in [2.75, 3.05) is 26.7 Å². The summed E-state index contributed by atoms with van der Waals surface area (Å²) in [5.41, 5.74) is 0. The highest BCUT2D eigenvalue weighted by atomic mass is 15.1. The third-order valence-electron chi connectivity index (χ3n) is 2.85. The number of nitrogens with one attached hydrogen (secondary N) is 1. The number of rotatable bonds is 8. The predicted molar refractivity (Wildman–Crippen MR) is 64.7 cm³/mol. The van der Waals surface area contributed by atoms with Crippen molar-refractivity contribution in [3.8, 4) is 0 Å². The molecular formula is C12H28N2. The lowest BCUT2D eigenvalue weighted by Crippen LogP contribution is -2.37. The van der Waals surface area contributed by atoms with Crippen LogP contribution in [0.1, 0.15) is 40.5 Å². The first-order valence-corrected chi connectivity index (χ1v) is 5.99. The van der Waals surface area contributed by atoms with E-state index in [0.717, 1.165) is 19.0 Å². The molecule has 0 aromatic rings. The summed E-state index contributed by atoms with van der Waals surface area (Å²) in [6.45, 7) is 12.5. The molecule has 0 aliphatic carbocycles. The van der Waals surface area contributed by atoms with E-state index in [9.17, 15) is 0 Å². The van der Waals surface area contributed by atoms with E-state index in [4.69, 9.17) is 0 Å². The number of likely N-dealkylation sites (N-methyl/N-ethyl adjacent to an activating group) is 1. The third-order valence-corrected chi connectivity index (χ3v) is 2.85. The van der Waals surface area contributed by atoms with Crippen molar-refractivity contribution < 1.29 is 0 Å². The highest BCUT2D eigenvalue weighted by Crippen LogP contribution is 1.99. The van der Waals surface area contributed by atoms with Crippen LogP contribution in [0.25, 0.3) is 0 Å². The third kappa shape index (κ3) is 7.34. The molecule has 0 bridgehead atoms. The van der Waals surface area contributed by atoms with Gasteiger partial charge in [0.15, 0.2) is 0 Å². The van der Waals surface area contributed by atoms with Gasteiger partial charge in [0.05, 0.1) is 0 Å². The van der Waals surface area contributed by atoms with Crippen LogP contribution in [0.15, 0.2) is 0 Å². The Kier molecular flexibility index (Phi) is 8.20. The molecule has 0 fully saturated rings. The van der Waals surface area contributed by atoms with Gasteiger partial charge in [0.1, 0.15) is 0 Å². The fraction of sp³-hybridized carbons (Fsp3) is 1.00. The maximum atomic E-state index is 3.55. The van der Waals surface area contributed by atoms with Gasteiger partial charge in [-0.2, -0.15) is 0 Å². The smallest absolute Gasteiger partial charge is 0.0104 e. The molecule has 86 valence electrons. The summed E-state index contributed by atoms with van der Waals surface area (Å²) in [6, 6.07) is 0.634. The topological polar surface area (TPSA) is 15.3 Å². The second-order valence-corrected chi connectivity index (χ2v) is 4.64. The fourth-order valence-electron chi connectivity index (χ4n) is 1.26. The van der Waals surface area contributed by atoms with E-state index in [-0.39, 0.29) is 0 Å². The molecule has 1 unspecified atom stereocenters. The SMILES string of the molecule is CCCCN(C)CCNC(C)C(C)C. The Balaban J connectivity index is 3.34. The van der Waals surface area contributed by atoms with Crippen LogP contribution in [0, 0.1) is 5.92 Å². The zero-order chi connectivity index (χ0) is 11.0. The standard InChI is InChI=1S/C12H28N2/c1-6-7-9-14(5)10-8-13-12(4)11(2)3/h11-13H,6-10H2,1-5H3. The molecule has 0 heterocycles. The van der Waals surface area contributed by atoms with E-state index in [1.54, 1.807) is 0 Å². The Morgan fingerprint density at radius 2 is 1.79 bits per heavy atom. The minimum absolute atomic E-state index is 0.634. The number of nitrogens with zero attached hydrogens (tertiary/aromatic N) is 1. The molecule has 0 saturated carbocycles. The first-order valence-electron chi connectivity index (χ1n) is 5.99. The summed E-state index contributed by atoms with van der Waals surface area (Å²) < 4.78 is 0. The Bertz CT molecular complexity index is 123. The van der Waals surface area contributed by atoms with Gasteiger partial charge < -0.3 is 10.2 Å². The van der Waals surface area contributed by atoms with Gasteiger partial charge in [0.25, 0.3) is 0 Å². The van der Waals surface area contributed by atoms with E-state index in [0.29, 0.717) is 6.04 Å². The fourth-order valence-corrected chi connectivity index (χ4v) is 1.26. The Morgan fingerprint density at radius 1 is 1.14 bits per heavy atom. The van der Waals surface area contributed by atoms with Crippen LogP contribution >= 0.6 is 0 Å². The van der Waals surface area contributed by atoms with Gasteiger partial charge in [-0.1, -0.05) is 27.2 Å². The molecule has 2 nitrogen and oxygen atoms in total. The lowest BCUT2D eigenvalue weighted by atomic mass is 10.1. The van der Waals surface area contributed by atoms with Crippen LogP contribution in [0.3, 0.4) is 0 Å². The van der Waals surface area contributed by atoms with E-state index in [1.165, 1.54) is 19.4 Å². The lowest BCUT2D eigenvalue weighted by molar-refractivity contribution is 0.310. The van der Waals surface area contributed by atoms with E-state index in [2.05, 4.69) is 45.0 Å². The normalized spacial score (nSPS) is 13.9. The molecule has 2 heteroatoms. The summed E-state index contributed by atoms with van der Waals surface area (Å²) in [7, 11) is 2.21. The quantitative estimate of drug-likeness (QED) is 0.647. The summed E-state index contributed by atoms with van der Waals surface area (Å²) in [5, 5.41) is 3.55. The highest BCUT2D eigenvalue weighted by molar-refractivity contribution is 4.65. The molecule has 0 amide bonds. The van der Waals surface area contributed by atoms with Crippen LogP contribution in [0.4, 0.5) is 0 Å². The van der Waals surface area contributed by atoms with E-state index < -0.39 is 0 Å². The molecule has 0 rings (SSSR count). The molecule has 0 radical (unpaired) electrons. The first kappa shape index (κ1) is 13.9. The van der Waals surface area contributed by atoms with E-state index in [1.807, 2.05) is 0 Å². The molecule has 1 N–H and O–H groups in total. The molecule has 0 spiro atoms. The molecular weight excluding hydrogens is 172 g/mol. The van der Waals surface area contributed by atoms with Crippen molar-refractivity contribution in [1.82, 2.24) is 10.2 Å². The van der Waals surface area contributed by atoms with Crippen LogP contribution < -0.4 is 5.32 Å². The molecule has 0 saturated heterocycles. The minimum atomic E-state index is 0.634. The van der Waals surface area contributed by atoms with Crippen molar-refractivity contribution in [2.24, 2.45) is 5.92 Å². The van der Waals surface area contributed by atoms with Gasteiger partial charge in [-0.05, 0) is 32.9 Å². The number of hydrogen-bond donors (Lipinski definition) is 1. The second-order valence-electron chi connectivity index (χ2n) is 4.64. The van der Waals surface area contributed by atoms with Gasteiger partial charge in [-0.3, -0.25) is 0 Å². The Labute approximate surface area is 90.1 Å². The zero-order valence-corrected chi connectivity index (χ0v) is 10.6. The molecule has 1 atom stereocenters. The Hall–Kier alpha value is -0.0800. The molecule has 0 aliphatic rings. The van der Waals surface area contributed by atoms with Crippen LogP contribution in [0.2, 0.25) is 0 Å². The molecule has 0 aliphatic heterocycles. The average Bonchev–Trinajstić information content (AvgIpc) is 2.14. The molecule has 14 heavy (non-hydrogen) atoms. The van der Waals surface area contributed by atoms with Crippen molar-refractivity contribution in [2.45, 2.75) is 46.6 Å². The minimum Gasteiger partial charge on any atom is -0.313 e. The first-order chi connectivity index (χ1) is 6.57. The predicted octanol–water partition coefficient (Wildman–Crippen LogP) is 2.35. The van der Waals surface area contributed by atoms with E-state index >= 15 is 0 Å². The molecule has 0 aromatic carbocycles. The molecule has 0 aromatic heterocycles. The summed E-state index contributed by atoms with van der Waals surface area (Å²) >= 11 is 0. The van der Waals surface area contributed by atoms with Gasteiger partial charge in [-0.25, -0.2) is 0 Å². The van der Waals surface area contributed by atoms with Crippen molar-refractivity contribution >= 4 is 0 Å². The maximum absolute atomic E-state index is 3.55. The van der Waals surface area contributed by atoms with Crippen molar-refractivity contribution in [3.05, 3.63) is 0 Å². The van der Waals surface area contributed by atoms with Crippen molar-refractivity contribution in [3.63, 3.8) is 0 Å². The zero-order valence-electron chi connectivity index (χ0n) is 10.6. The summed E-state index contributed by atoms with van der Waals surface area (Å²) in [5.74, 6) is 0.732.